The van der Waals surface area contributed by atoms with Gasteiger partial charge in [-0.2, -0.15) is 0 Å². The molecule has 2 atom stereocenters. The van der Waals surface area contributed by atoms with Gasteiger partial charge in [0.2, 0.25) is 0 Å². The summed E-state index contributed by atoms with van der Waals surface area (Å²) in [6, 6.07) is 10.5. The van der Waals surface area contributed by atoms with E-state index < -0.39 is 31.7 Å². The van der Waals surface area contributed by atoms with Gasteiger partial charge in [-0.1, -0.05) is 12.1 Å². The van der Waals surface area contributed by atoms with E-state index in [4.69, 9.17) is 15.2 Å². The Labute approximate surface area is 222 Å². The number of hydrogen-bond donors (Lipinski definition) is 1. The number of nitrogens with zero attached hydrogens (tertiary/aromatic N) is 2. The number of nitrogens with two attached hydrogens (primary N) is 1. The zero-order chi connectivity index (χ0) is 27.5. The molecule has 2 aromatic carbocycles. The first kappa shape index (κ1) is 28.7. The SMILES string of the molecule is COc1ccc(C(C)(C)S(=O)[O-])c(Cc2ncc(Cc3cc(OC)ccc3C(C)(C)S(=O)[O-])c(N)n2)c1. The number of hydrogen-bond acceptors (Lipinski definition) is 9. The van der Waals surface area contributed by atoms with Crippen molar-refractivity contribution in [1.29, 1.82) is 0 Å². The summed E-state index contributed by atoms with van der Waals surface area (Å²) in [4.78, 5) is 8.96. The van der Waals surface area contributed by atoms with Gasteiger partial charge in [0, 0.05) is 24.6 Å². The molecule has 0 saturated heterocycles. The molecule has 3 aromatic rings. The summed E-state index contributed by atoms with van der Waals surface area (Å²) in [5.41, 5.74) is 9.60. The van der Waals surface area contributed by atoms with E-state index >= 15 is 0 Å². The van der Waals surface area contributed by atoms with E-state index in [9.17, 15) is 17.5 Å². The second-order valence-electron chi connectivity index (χ2n) is 9.59. The largest absolute Gasteiger partial charge is 0.772 e. The van der Waals surface area contributed by atoms with Gasteiger partial charge in [-0.3, -0.25) is 8.42 Å². The molecule has 0 radical (unpaired) electrons. The monoisotopic (exact) mass is 545 g/mol. The van der Waals surface area contributed by atoms with Crippen LogP contribution >= 0.6 is 0 Å². The zero-order valence-electron chi connectivity index (χ0n) is 21.7. The maximum Gasteiger partial charge on any atom is 0.135 e. The molecule has 1 heterocycles. The van der Waals surface area contributed by atoms with Crippen LogP contribution in [-0.4, -0.2) is 41.7 Å². The Hall–Kier alpha value is -2.86. The molecule has 11 heteroatoms. The second-order valence-corrected chi connectivity index (χ2v) is 12.6. The van der Waals surface area contributed by atoms with E-state index in [0.29, 0.717) is 46.0 Å². The predicted octanol–water partition coefficient (Wildman–Crippen LogP) is 3.49. The van der Waals surface area contributed by atoms with Gasteiger partial charge in [-0.05, 0) is 96.4 Å². The molecular formula is C26H31N3O6S2-2. The maximum absolute atomic E-state index is 11.9. The van der Waals surface area contributed by atoms with Crippen LogP contribution in [0.25, 0.3) is 0 Å². The lowest BCUT2D eigenvalue weighted by atomic mass is 9.92. The Kier molecular flexibility index (Phi) is 8.74. The van der Waals surface area contributed by atoms with Gasteiger partial charge < -0.3 is 24.3 Å². The highest BCUT2D eigenvalue weighted by Gasteiger charge is 2.27. The number of ether oxygens (including phenoxy) is 2. The van der Waals surface area contributed by atoms with Crippen LogP contribution in [0.4, 0.5) is 5.82 Å². The molecule has 1 aromatic heterocycles. The van der Waals surface area contributed by atoms with Crippen LogP contribution in [0.3, 0.4) is 0 Å². The second kappa shape index (κ2) is 11.3. The minimum atomic E-state index is -2.36. The van der Waals surface area contributed by atoms with Crippen LogP contribution in [0.1, 0.15) is 61.3 Å². The van der Waals surface area contributed by atoms with Crippen molar-refractivity contribution in [1.82, 2.24) is 9.97 Å². The summed E-state index contributed by atoms with van der Waals surface area (Å²) in [5, 5.41) is 0. The molecule has 0 aliphatic heterocycles. The van der Waals surface area contributed by atoms with Crippen LogP contribution in [0, 0.1) is 0 Å². The highest BCUT2D eigenvalue weighted by molar-refractivity contribution is 7.80. The van der Waals surface area contributed by atoms with Crippen LogP contribution in [0.15, 0.2) is 42.6 Å². The molecular weight excluding hydrogens is 514 g/mol. The van der Waals surface area contributed by atoms with Gasteiger partial charge in [0.05, 0.1) is 23.7 Å². The third-order valence-corrected chi connectivity index (χ3v) is 8.54. The van der Waals surface area contributed by atoms with Crippen molar-refractivity contribution in [3.63, 3.8) is 0 Å². The average molecular weight is 546 g/mol. The molecule has 9 nitrogen and oxygen atoms in total. The zero-order valence-corrected chi connectivity index (χ0v) is 23.3. The van der Waals surface area contributed by atoms with Crippen LogP contribution in [0.5, 0.6) is 11.5 Å². The van der Waals surface area contributed by atoms with Crippen molar-refractivity contribution in [3.8, 4) is 11.5 Å². The number of aromatic nitrogens is 2. The smallest absolute Gasteiger partial charge is 0.135 e. The van der Waals surface area contributed by atoms with Crippen molar-refractivity contribution < 1.29 is 27.0 Å². The molecule has 3 rings (SSSR count). The fourth-order valence-corrected chi connectivity index (χ4v) is 4.85. The van der Waals surface area contributed by atoms with Crippen molar-refractivity contribution in [3.05, 3.63) is 76.2 Å². The molecule has 37 heavy (non-hydrogen) atoms. The van der Waals surface area contributed by atoms with E-state index in [1.54, 1.807) is 77.4 Å². The van der Waals surface area contributed by atoms with Gasteiger partial charge in [0.25, 0.3) is 0 Å². The van der Waals surface area contributed by atoms with Gasteiger partial charge in [-0.25, -0.2) is 9.97 Å². The highest BCUT2D eigenvalue weighted by atomic mass is 32.2. The molecule has 200 valence electrons. The summed E-state index contributed by atoms with van der Waals surface area (Å²) in [6.45, 7) is 6.52. The normalized spacial score (nSPS) is 13.7. The Morgan fingerprint density at radius 3 is 1.68 bits per heavy atom. The number of methoxy groups -OCH3 is 2. The first-order chi connectivity index (χ1) is 17.3. The lowest BCUT2D eigenvalue weighted by molar-refractivity contribution is 0.413. The Bertz CT molecular complexity index is 1340. The number of rotatable bonds is 10. The Balaban J connectivity index is 1.98. The van der Waals surface area contributed by atoms with Crippen molar-refractivity contribution >= 4 is 28.0 Å². The molecule has 2 unspecified atom stereocenters. The van der Waals surface area contributed by atoms with E-state index in [1.165, 1.54) is 7.11 Å². The van der Waals surface area contributed by atoms with E-state index in [1.807, 2.05) is 0 Å². The van der Waals surface area contributed by atoms with Crippen molar-refractivity contribution in [2.24, 2.45) is 0 Å². The minimum Gasteiger partial charge on any atom is -0.772 e. The maximum atomic E-state index is 11.9. The first-order valence-electron chi connectivity index (χ1n) is 11.4. The fourth-order valence-electron chi connectivity index (χ4n) is 4.10. The summed E-state index contributed by atoms with van der Waals surface area (Å²) >= 11 is -4.72. The third kappa shape index (κ3) is 6.18. The van der Waals surface area contributed by atoms with E-state index in [-0.39, 0.29) is 12.2 Å². The van der Waals surface area contributed by atoms with Gasteiger partial charge >= 0.3 is 0 Å². The summed E-state index contributed by atoms with van der Waals surface area (Å²) in [7, 11) is 3.08. The standard InChI is InChI=1S/C26H33N3O6S2/c1-25(2,36(30)31)21-9-7-19(34-5)12-16(21)11-18-15-28-23(29-24(18)27)14-17-13-20(35-6)8-10-22(17)26(3,4)37(32)33/h7-10,12-13,15H,11,14H2,1-6H3,(H,30,31)(H,32,33)(H2,27,28,29)/p-2. The van der Waals surface area contributed by atoms with Crippen LogP contribution < -0.4 is 15.2 Å². The highest BCUT2D eigenvalue weighted by Crippen LogP contribution is 2.34. The number of anilines is 1. The molecule has 0 aliphatic rings. The lowest BCUT2D eigenvalue weighted by Gasteiger charge is -2.30. The third-order valence-electron chi connectivity index (χ3n) is 6.43. The van der Waals surface area contributed by atoms with Gasteiger partial charge in [-0.15, -0.1) is 0 Å². The predicted molar refractivity (Wildman–Crippen MR) is 142 cm³/mol. The average Bonchev–Trinajstić information content (AvgIpc) is 2.85. The van der Waals surface area contributed by atoms with Crippen molar-refractivity contribution in [2.75, 3.05) is 20.0 Å². The molecule has 0 saturated carbocycles. The molecule has 0 fully saturated rings. The molecule has 0 amide bonds. The van der Waals surface area contributed by atoms with Gasteiger partial charge in [0.15, 0.2) is 0 Å². The number of benzene rings is 2. The summed E-state index contributed by atoms with van der Waals surface area (Å²) in [6.07, 6.45) is 2.15. The Morgan fingerprint density at radius 1 is 0.811 bits per heavy atom. The quantitative estimate of drug-likeness (QED) is 0.378. The van der Waals surface area contributed by atoms with E-state index in [0.717, 1.165) is 5.56 Å². The molecule has 0 aliphatic carbocycles. The van der Waals surface area contributed by atoms with E-state index in [2.05, 4.69) is 9.97 Å². The van der Waals surface area contributed by atoms with Crippen LogP contribution in [0.2, 0.25) is 0 Å². The van der Waals surface area contributed by atoms with Gasteiger partial charge in [0.1, 0.15) is 23.1 Å². The fraction of sp³-hybridized carbons (Fsp3) is 0.385. The Morgan fingerprint density at radius 2 is 1.27 bits per heavy atom. The summed E-state index contributed by atoms with van der Waals surface area (Å²) in [5.74, 6) is 1.83. The lowest BCUT2D eigenvalue weighted by Crippen LogP contribution is -2.25. The summed E-state index contributed by atoms with van der Waals surface area (Å²) < 4.78 is 56.1. The van der Waals surface area contributed by atoms with Crippen molar-refractivity contribution in [2.45, 2.75) is 50.0 Å². The first-order valence-corrected chi connectivity index (χ1v) is 13.6. The minimum absolute atomic E-state index is 0.240. The van der Waals surface area contributed by atoms with Crippen LogP contribution in [-0.2, 0) is 44.5 Å². The topological polar surface area (TPSA) is 151 Å². The molecule has 2 N–H and O–H groups in total. The number of nitrogen functional groups attached to an aromatic ring is 1. The molecule has 0 spiro atoms. The molecule has 0 bridgehead atoms.